The Morgan fingerprint density at radius 1 is 0.821 bits per heavy atom. The molecule has 4 heterocycles. The molecule has 0 unspecified atom stereocenters. The van der Waals surface area contributed by atoms with Crippen LogP contribution in [0.15, 0.2) is 22.9 Å². The molecule has 28 heavy (non-hydrogen) atoms. The fourth-order valence-corrected chi connectivity index (χ4v) is 6.25. The lowest BCUT2D eigenvalue weighted by Gasteiger charge is -2.37. The predicted molar refractivity (Wildman–Crippen MR) is 113 cm³/mol. The van der Waals surface area contributed by atoms with E-state index in [1.54, 1.807) is 0 Å². The van der Waals surface area contributed by atoms with Crippen molar-refractivity contribution < 1.29 is 15.0 Å². The number of thiophene rings is 2. The zero-order chi connectivity index (χ0) is 19.9. The maximum absolute atomic E-state index is 13.5. The third kappa shape index (κ3) is 3.60. The number of hydrogen-bond acceptors (Lipinski definition) is 7. The van der Waals surface area contributed by atoms with Gasteiger partial charge in [0.2, 0.25) is 5.78 Å². The van der Waals surface area contributed by atoms with E-state index in [4.69, 9.17) is 0 Å². The van der Waals surface area contributed by atoms with Gasteiger partial charge in [0.25, 0.3) is 0 Å². The maximum Gasteiger partial charge on any atom is 0.213 e. The third-order valence-electron chi connectivity index (χ3n) is 6.37. The van der Waals surface area contributed by atoms with Gasteiger partial charge in [-0.05, 0) is 62.7 Å². The van der Waals surface area contributed by atoms with Gasteiger partial charge >= 0.3 is 0 Å². The van der Waals surface area contributed by atoms with Crippen LogP contribution in [0.3, 0.4) is 0 Å². The Morgan fingerprint density at radius 2 is 1.18 bits per heavy atom. The molecule has 2 aliphatic heterocycles. The summed E-state index contributed by atoms with van der Waals surface area (Å²) in [7, 11) is 4.11. The molecule has 0 aliphatic carbocycles. The fourth-order valence-electron chi connectivity index (χ4n) is 4.32. The molecular formula is C21H28N2O3S2. The van der Waals surface area contributed by atoms with Gasteiger partial charge in [0.1, 0.15) is 0 Å². The lowest BCUT2D eigenvalue weighted by Crippen LogP contribution is -2.41. The molecule has 2 aromatic heterocycles. The number of carbonyl (C=O) groups excluding carboxylic acids is 1. The highest BCUT2D eigenvalue weighted by atomic mass is 32.1. The number of aliphatic hydroxyl groups is 2. The molecule has 2 aromatic rings. The molecule has 0 spiro atoms. The van der Waals surface area contributed by atoms with Crippen LogP contribution < -0.4 is 0 Å². The van der Waals surface area contributed by atoms with Crippen LogP contribution in [0.4, 0.5) is 0 Å². The number of rotatable bonds is 4. The molecule has 7 heteroatoms. The molecule has 2 fully saturated rings. The lowest BCUT2D eigenvalue weighted by atomic mass is 9.82. The SMILES string of the molecule is CN1CCC(O)(c2ccsc2C(=O)c2sccc2C2(O)CCN(C)CC2)CC1. The van der Waals surface area contributed by atoms with Crippen molar-refractivity contribution in [3.63, 3.8) is 0 Å². The van der Waals surface area contributed by atoms with E-state index in [1.165, 1.54) is 22.7 Å². The smallest absolute Gasteiger partial charge is 0.213 e. The van der Waals surface area contributed by atoms with Crippen LogP contribution in [0.1, 0.15) is 51.4 Å². The van der Waals surface area contributed by atoms with Crippen molar-refractivity contribution in [1.29, 1.82) is 0 Å². The van der Waals surface area contributed by atoms with Crippen molar-refractivity contribution in [2.24, 2.45) is 0 Å². The van der Waals surface area contributed by atoms with E-state index in [-0.39, 0.29) is 5.78 Å². The maximum atomic E-state index is 13.5. The molecule has 0 bridgehead atoms. The van der Waals surface area contributed by atoms with Crippen LogP contribution in [0, 0.1) is 0 Å². The number of nitrogens with zero attached hydrogens (tertiary/aromatic N) is 2. The standard InChI is InChI=1S/C21H28N2O3S2/c1-22-9-5-20(25,6-10-22)15-3-13-27-18(15)17(24)19-16(4-14-28-19)21(26)7-11-23(2)12-8-21/h3-4,13-14,25-26H,5-12H2,1-2H3. The fraction of sp³-hybridized carbons (Fsp3) is 0.571. The van der Waals surface area contributed by atoms with Crippen molar-refractivity contribution in [2.45, 2.75) is 36.9 Å². The summed E-state index contributed by atoms with van der Waals surface area (Å²) in [4.78, 5) is 19.1. The van der Waals surface area contributed by atoms with E-state index in [0.29, 0.717) is 35.4 Å². The van der Waals surface area contributed by atoms with E-state index >= 15 is 0 Å². The summed E-state index contributed by atoms with van der Waals surface area (Å²) in [6.07, 6.45) is 2.53. The highest BCUT2D eigenvalue weighted by molar-refractivity contribution is 7.16. The first-order chi connectivity index (χ1) is 13.3. The number of carbonyl (C=O) groups is 1. The van der Waals surface area contributed by atoms with Crippen LogP contribution in [-0.4, -0.2) is 66.1 Å². The van der Waals surface area contributed by atoms with E-state index in [1.807, 2.05) is 22.9 Å². The summed E-state index contributed by atoms with van der Waals surface area (Å²) in [6.45, 7) is 3.27. The first-order valence-electron chi connectivity index (χ1n) is 9.85. The Bertz CT molecular complexity index is 775. The minimum absolute atomic E-state index is 0.0605. The Balaban J connectivity index is 1.64. The highest BCUT2D eigenvalue weighted by Crippen LogP contribution is 2.41. The van der Waals surface area contributed by atoms with Crippen molar-refractivity contribution >= 4 is 28.5 Å². The first kappa shape index (κ1) is 20.2. The van der Waals surface area contributed by atoms with Crippen LogP contribution in [-0.2, 0) is 11.2 Å². The van der Waals surface area contributed by atoms with Gasteiger partial charge in [-0.15, -0.1) is 22.7 Å². The second kappa shape index (κ2) is 7.63. The van der Waals surface area contributed by atoms with Crippen molar-refractivity contribution in [1.82, 2.24) is 9.80 Å². The average molecular weight is 421 g/mol. The van der Waals surface area contributed by atoms with E-state index < -0.39 is 11.2 Å². The largest absolute Gasteiger partial charge is 0.385 e. The summed E-state index contributed by atoms with van der Waals surface area (Å²) < 4.78 is 0. The Morgan fingerprint density at radius 3 is 1.54 bits per heavy atom. The molecule has 0 atom stereocenters. The van der Waals surface area contributed by atoms with Crippen molar-refractivity contribution in [3.8, 4) is 0 Å². The van der Waals surface area contributed by atoms with Gasteiger partial charge in [-0.3, -0.25) is 4.79 Å². The van der Waals surface area contributed by atoms with Gasteiger partial charge in [0, 0.05) is 37.3 Å². The summed E-state index contributed by atoms with van der Waals surface area (Å²) >= 11 is 2.79. The van der Waals surface area contributed by atoms with Gasteiger partial charge in [-0.25, -0.2) is 0 Å². The normalized spacial score (nSPS) is 23.0. The molecular weight excluding hydrogens is 392 g/mol. The molecule has 0 amide bonds. The van der Waals surface area contributed by atoms with Gasteiger partial charge in [0.15, 0.2) is 0 Å². The lowest BCUT2D eigenvalue weighted by molar-refractivity contribution is -0.0208. The monoisotopic (exact) mass is 420 g/mol. The Hall–Kier alpha value is -1.09. The second-order valence-corrected chi connectivity index (χ2v) is 10.2. The number of likely N-dealkylation sites (tertiary alicyclic amines) is 2. The van der Waals surface area contributed by atoms with Gasteiger partial charge in [0.05, 0.1) is 21.0 Å². The van der Waals surface area contributed by atoms with Crippen LogP contribution >= 0.6 is 22.7 Å². The molecule has 2 saturated heterocycles. The zero-order valence-electron chi connectivity index (χ0n) is 16.5. The summed E-state index contributed by atoms with van der Waals surface area (Å²) in [5.74, 6) is -0.0605. The van der Waals surface area contributed by atoms with Crippen LogP contribution in [0.25, 0.3) is 0 Å². The Labute approximate surface area is 174 Å². The number of hydrogen-bond donors (Lipinski definition) is 2. The minimum Gasteiger partial charge on any atom is -0.385 e. The third-order valence-corrected chi connectivity index (χ3v) is 8.20. The molecule has 4 rings (SSSR count). The zero-order valence-corrected chi connectivity index (χ0v) is 18.1. The van der Waals surface area contributed by atoms with Gasteiger partial charge < -0.3 is 20.0 Å². The highest BCUT2D eigenvalue weighted by Gasteiger charge is 2.40. The van der Waals surface area contributed by atoms with Crippen molar-refractivity contribution in [3.05, 3.63) is 43.8 Å². The number of ketones is 1. The van der Waals surface area contributed by atoms with E-state index in [2.05, 4.69) is 23.9 Å². The Kier molecular flexibility index (Phi) is 5.50. The second-order valence-electron chi connectivity index (χ2n) is 8.33. The summed E-state index contributed by atoms with van der Waals surface area (Å²) in [5, 5.41) is 26.3. The van der Waals surface area contributed by atoms with Gasteiger partial charge in [-0.2, -0.15) is 0 Å². The molecule has 0 radical (unpaired) electrons. The molecule has 2 N–H and O–H groups in total. The molecule has 0 aromatic carbocycles. The molecule has 152 valence electrons. The van der Waals surface area contributed by atoms with Crippen molar-refractivity contribution in [2.75, 3.05) is 40.3 Å². The molecule has 2 aliphatic rings. The van der Waals surface area contributed by atoms with E-state index in [9.17, 15) is 15.0 Å². The van der Waals surface area contributed by atoms with Crippen LogP contribution in [0.5, 0.6) is 0 Å². The molecule has 5 nitrogen and oxygen atoms in total. The average Bonchev–Trinajstić information content (AvgIpc) is 3.36. The summed E-state index contributed by atoms with van der Waals surface area (Å²) in [5.41, 5.74) is -0.380. The quantitative estimate of drug-likeness (QED) is 0.745. The topological polar surface area (TPSA) is 64.0 Å². The summed E-state index contributed by atoms with van der Waals surface area (Å²) in [6, 6.07) is 3.81. The number of piperidine rings is 2. The van der Waals surface area contributed by atoms with Gasteiger partial charge in [-0.1, -0.05) is 0 Å². The van der Waals surface area contributed by atoms with Crippen LogP contribution in [0.2, 0.25) is 0 Å². The first-order valence-corrected chi connectivity index (χ1v) is 11.6. The minimum atomic E-state index is -0.945. The van der Waals surface area contributed by atoms with E-state index in [0.717, 1.165) is 37.3 Å². The molecule has 0 saturated carbocycles. The predicted octanol–water partition coefficient (Wildman–Crippen LogP) is 2.87.